The van der Waals surface area contributed by atoms with Gasteiger partial charge in [-0.05, 0) is 29.8 Å². The van der Waals surface area contributed by atoms with Gasteiger partial charge in [0.1, 0.15) is 24.7 Å². The number of halogens is 3. The highest BCUT2D eigenvalue weighted by molar-refractivity contribution is 5.97. The molecule has 2 bridgehead atoms. The number of ether oxygens (including phenoxy) is 1. The van der Waals surface area contributed by atoms with Gasteiger partial charge in [0, 0.05) is 24.3 Å². The second-order valence-corrected chi connectivity index (χ2v) is 9.84. The van der Waals surface area contributed by atoms with Crippen molar-refractivity contribution in [1.82, 2.24) is 0 Å². The molecule has 0 saturated carbocycles. The van der Waals surface area contributed by atoms with E-state index < -0.39 is 23.6 Å². The van der Waals surface area contributed by atoms with E-state index in [1.54, 1.807) is 18.2 Å². The van der Waals surface area contributed by atoms with E-state index in [-0.39, 0.29) is 40.5 Å². The van der Waals surface area contributed by atoms with Crippen LogP contribution in [0.25, 0.3) is 0 Å². The van der Waals surface area contributed by atoms with Crippen LogP contribution < -0.4 is 22.3 Å². The van der Waals surface area contributed by atoms with Gasteiger partial charge in [-0.3, -0.25) is 4.79 Å². The molecule has 3 aliphatic heterocycles. The minimum Gasteiger partial charge on any atom is -1.00 e. The highest BCUT2D eigenvalue weighted by Crippen LogP contribution is 2.37. The van der Waals surface area contributed by atoms with Crippen LogP contribution in [0.1, 0.15) is 34.8 Å². The van der Waals surface area contributed by atoms with Crippen LogP contribution in [0.2, 0.25) is 0 Å². The number of anilines is 1. The monoisotopic (exact) mass is 570 g/mol. The van der Waals surface area contributed by atoms with Gasteiger partial charge in [0.05, 0.1) is 18.8 Å². The zero-order valence-electron chi connectivity index (χ0n) is 20.3. The lowest BCUT2D eigenvalue weighted by atomic mass is 9.82. The number of nitrogens with one attached hydrogen (secondary N) is 1. The minimum absolute atomic E-state index is 0. The normalized spacial score (nSPS) is 23.0. The number of fused-ring (bicyclic) bond motifs is 3. The number of nitrogens with zero attached hydrogens (tertiary/aromatic N) is 1. The van der Waals surface area contributed by atoms with Crippen molar-refractivity contribution in [2.24, 2.45) is 5.92 Å². The van der Waals surface area contributed by atoms with E-state index in [4.69, 9.17) is 4.74 Å². The van der Waals surface area contributed by atoms with Crippen molar-refractivity contribution >= 4 is 17.4 Å². The fourth-order valence-electron chi connectivity index (χ4n) is 5.48. The van der Waals surface area contributed by atoms with Gasteiger partial charge in [0.25, 0.3) is 0 Å². The quantitative estimate of drug-likeness (QED) is 0.256. The zero-order valence-corrected chi connectivity index (χ0v) is 21.9. The molecule has 0 aromatic heterocycles. The Morgan fingerprint density at radius 3 is 2.24 bits per heavy atom. The van der Waals surface area contributed by atoms with Gasteiger partial charge in [-0.1, -0.05) is 54.6 Å². The number of hydrogen-bond donors (Lipinski definition) is 1. The lowest BCUT2D eigenvalue weighted by Gasteiger charge is -2.51. The van der Waals surface area contributed by atoms with E-state index in [9.17, 15) is 18.4 Å². The molecule has 0 radical (unpaired) electrons. The molecule has 194 valence electrons. The Morgan fingerprint density at radius 1 is 0.919 bits per heavy atom. The first-order valence-electron chi connectivity index (χ1n) is 12.3. The summed E-state index contributed by atoms with van der Waals surface area (Å²) >= 11 is 0. The Labute approximate surface area is 225 Å². The first-order chi connectivity index (χ1) is 17.4. The number of benzene rings is 3. The SMILES string of the molecule is O=C(C[N+]12CCC(CC1)[C@@H](OC(=O)C(Nc1ccccc1F)c1ccc(F)cc1)C2)c1ccccc1.[Br-]. The third-order valence-corrected chi connectivity index (χ3v) is 7.50. The summed E-state index contributed by atoms with van der Waals surface area (Å²) in [5.74, 6) is -1.15. The van der Waals surface area contributed by atoms with Crippen molar-refractivity contribution < 1.29 is 44.6 Å². The van der Waals surface area contributed by atoms with E-state index in [0.717, 1.165) is 25.9 Å². The second-order valence-electron chi connectivity index (χ2n) is 9.84. The first kappa shape index (κ1) is 26.9. The van der Waals surface area contributed by atoms with Crippen LogP contribution in [-0.4, -0.2) is 48.5 Å². The van der Waals surface area contributed by atoms with Crippen molar-refractivity contribution in [2.75, 3.05) is 31.5 Å². The van der Waals surface area contributed by atoms with Crippen molar-refractivity contribution in [3.8, 4) is 0 Å². The van der Waals surface area contributed by atoms with Crippen LogP contribution in [0.3, 0.4) is 0 Å². The standard InChI is InChI=1S/C29H29F2N2O3.BrH/c30-23-12-10-22(11-13-23)28(32-25-9-5-4-8-24(25)31)29(35)36-27-19-33(16-14-21(27)15-17-33)18-26(34)20-6-2-1-3-7-20;/h1-13,21,27-28,32H,14-19H2;1H/q+1;/p-1/t21?,27-,28?,33?;/m0./s1. The third-order valence-electron chi connectivity index (χ3n) is 7.50. The molecule has 1 N–H and O–H groups in total. The number of piperidine rings is 3. The van der Waals surface area contributed by atoms with Crippen LogP contribution >= 0.6 is 0 Å². The number of rotatable bonds is 8. The summed E-state index contributed by atoms with van der Waals surface area (Å²) in [5.41, 5.74) is 1.33. The molecular formula is C29H29BrF2N2O3. The van der Waals surface area contributed by atoms with Crippen molar-refractivity contribution in [1.29, 1.82) is 0 Å². The lowest BCUT2D eigenvalue weighted by Crippen LogP contribution is -3.00. The number of Topliss-reactive ketones (excluding diaryl/α,β-unsaturated/α-hetero) is 1. The van der Waals surface area contributed by atoms with Crippen LogP contribution in [-0.2, 0) is 9.53 Å². The molecule has 8 heteroatoms. The third kappa shape index (κ3) is 6.08. The summed E-state index contributed by atoms with van der Waals surface area (Å²) in [4.78, 5) is 26.4. The van der Waals surface area contributed by atoms with Gasteiger partial charge in [-0.2, -0.15) is 0 Å². The second kappa shape index (κ2) is 11.5. The highest BCUT2D eigenvalue weighted by Gasteiger charge is 2.49. The van der Waals surface area contributed by atoms with Gasteiger partial charge in [-0.15, -0.1) is 0 Å². The largest absolute Gasteiger partial charge is 1.00 e. The maximum Gasteiger partial charge on any atom is 0.333 e. The van der Waals surface area contributed by atoms with Gasteiger partial charge in [0.15, 0.2) is 12.1 Å². The van der Waals surface area contributed by atoms with E-state index >= 15 is 0 Å². The molecule has 6 rings (SSSR count). The molecule has 3 fully saturated rings. The average Bonchev–Trinajstić information content (AvgIpc) is 2.90. The van der Waals surface area contributed by atoms with E-state index in [2.05, 4.69) is 5.32 Å². The van der Waals surface area contributed by atoms with E-state index in [1.807, 2.05) is 30.3 Å². The summed E-state index contributed by atoms with van der Waals surface area (Å²) in [6, 6.07) is 19.9. The molecule has 3 aromatic carbocycles. The van der Waals surface area contributed by atoms with Crippen molar-refractivity contribution in [3.05, 3.63) is 102 Å². The molecule has 3 aliphatic rings. The smallest absolute Gasteiger partial charge is 0.333 e. The molecule has 2 atom stereocenters. The van der Waals surface area contributed by atoms with Gasteiger partial charge in [0.2, 0.25) is 5.78 Å². The maximum absolute atomic E-state index is 14.4. The number of ketones is 1. The average molecular weight is 571 g/mol. The van der Waals surface area contributed by atoms with Crippen LogP contribution in [0.5, 0.6) is 0 Å². The Bertz CT molecular complexity index is 1230. The molecule has 3 aromatic rings. The summed E-state index contributed by atoms with van der Waals surface area (Å²) in [7, 11) is 0. The van der Waals surface area contributed by atoms with Gasteiger partial charge < -0.3 is 31.5 Å². The highest BCUT2D eigenvalue weighted by atomic mass is 79.9. The first-order valence-corrected chi connectivity index (χ1v) is 12.3. The number of esters is 1. The molecule has 0 amide bonds. The Balaban J connectivity index is 0.00000320. The molecule has 1 unspecified atom stereocenters. The number of carbonyl (C=O) groups excluding carboxylic acids is 2. The summed E-state index contributed by atoms with van der Waals surface area (Å²) in [6.45, 7) is 2.71. The lowest BCUT2D eigenvalue weighted by molar-refractivity contribution is -0.938. The van der Waals surface area contributed by atoms with Crippen LogP contribution in [0.15, 0.2) is 78.9 Å². The van der Waals surface area contributed by atoms with Gasteiger partial charge >= 0.3 is 5.97 Å². The molecule has 3 saturated heterocycles. The fraction of sp³-hybridized carbons (Fsp3) is 0.310. The Morgan fingerprint density at radius 2 is 1.57 bits per heavy atom. The number of para-hydroxylation sites is 1. The molecule has 0 aliphatic carbocycles. The summed E-state index contributed by atoms with van der Waals surface area (Å²) in [5, 5.41) is 2.95. The molecule has 0 spiro atoms. The van der Waals surface area contributed by atoms with E-state index in [0.29, 0.717) is 28.7 Å². The summed E-state index contributed by atoms with van der Waals surface area (Å²) < 4.78 is 34.6. The fourth-order valence-corrected chi connectivity index (χ4v) is 5.48. The number of carbonyl (C=O) groups is 2. The van der Waals surface area contributed by atoms with Crippen LogP contribution in [0.4, 0.5) is 14.5 Å². The predicted octanol–water partition coefficient (Wildman–Crippen LogP) is 2.16. The molecule has 3 heterocycles. The number of quaternary nitrogens is 1. The summed E-state index contributed by atoms with van der Waals surface area (Å²) in [6.07, 6.45) is 1.41. The van der Waals surface area contributed by atoms with Crippen molar-refractivity contribution in [3.63, 3.8) is 0 Å². The number of hydrogen-bond acceptors (Lipinski definition) is 4. The Hall–Kier alpha value is -3.10. The van der Waals surface area contributed by atoms with Crippen molar-refractivity contribution in [2.45, 2.75) is 25.0 Å². The van der Waals surface area contributed by atoms with Crippen LogP contribution in [0, 0.1) is 17.6 Å². The molecule has 5 nitrogen and oxygen atoms in total. The predicted molar refractivity (Wildman–Crippen MR) is 132 cm³/mol. The Kier molecular flexibility index (Phi) is 8.39. The maximum atomic E-state index is 14.4. The van der Waals surface area contributed by atoms with E-state index in [1.165, 1.54) is 30.3 Å². The van der Waals surface area contributed by atoms with Gasteiger partial charge in [-0.25, -0.2) is 13.6 Å². The minimum atomic E-state index is -1.00. The molecule has 37 heavy (non-hydrogen) atoms. The topological polar surface area (TPSA) is 55.4 Å². The zero-order chi connectivity index (χ0) is 25.1. The molecular weight excluding hydrogens is 542 g/mol.